The van der Waals surface area contributed by atoms with Crippen molar-refractivity contribution in [2.75, 3.05) is 5.32 Å². The second-order valence-electron chi connectivity index (χ2n) is 5.85. The van der Waals surface area contributed by atoms with E-state index in [1.165, 1.54) is 22.3 Å². The molecule has 1 aliphatic rings. The molecule has 1 aliphatic carbocycles. The molecule has 2 heteroatoms. The molecule has 2 nitrogen and oxygen atoms in total. The van der Waals surface area contributed by atoms with Gasteiger partial charge in [0.1, 0.15) is 0 Å². The number of hydrogen-bond acceptors (Lipinski definition) is 1. The number of nitrogens with one attached hydrogen (secondary N) is 1. The first kappa shape index (κ1) is 12.9. The number of rotatable bonds is 3. The average Bonchev–Trinajstić information content (AvgIpc) is 2.75. The molecular weight excluding hydrogens is 246 g/mol. The van der Waals surface area contributed by atoms with E-state index in [-0.39, 0.29) is 5.91 Å². The molecule has 20 heavy (non-hydrogen) atoms. The Morgan fingerprint density at radius 1 is 1.10 bits per heavy atom. The van der Waals surface area contributed by atoms with Crippen molar-refractivity contribution >= 4 is 11.6 Å². The first-order chi connectivity index (χ1) is 9.63. The largest absolute Gasteiger partial charge is 0.326 e. The molecule has 0 aromatic heterocycles. The van der Waals surface area contributed by atoms with Crippen molar-refractivity contribution in [1.29, 1.82) is 0 Å². The Morgan fingerprint density at radius 2 is 1.85 bits per heavy atom. The molecule has 1 amide bonds. The zero-order chi connectivity index (χ0) is 14.1. The van der Waals surface area contributed by atoms with E-state index in [4.69, 9.17) is 0 Å². The quantitative estimate of drug-likeness (QED) is 0.754. The Kier molecular flexibility index (Phi) is 3.31. The number of benzene rings is 2. The minimum atomic E-state index is 0.0930. The molecule has 1 N–H and O–H groups in total. The third-order valence-corrected chi connectivity index (χ3v) is 3.67. The van der Waals surface area contributed by atoms with Gasteiger partial charge in [0.05, 0.1) is 0 Å². The maximum absolute atomic E-state index is 11.8. The molecule has 0 aliphatic heterocycles. The molecule has 0 atom stereocenters. The van der Waals surface area contributed by atoms with Crippen LogP contribution in [0.2, 0.25) is 0 Å². The van der Waals surface area contributed by atoms with Crippen LogP contribution in [-0.4, -0.2) is 5.91 Å². The average molecular weight is 265 g/mol. The molecule has 3 rings (SSSR count). The fourth-order valence-electron chi connectivity index (χ4n) is 2.81. The van der Waals surface area contributed by atoms with Crippen molar-refractivity contribution in [1.82, 2.24) is 0 Å². The Morgan fingerprint density at radius 3 is 2.65 bits per heavy atom. The van der Waals surface area contributed by atoms with Gasteiger partial charge in [0.15, 0.2) is 0 Å². The highest BCUT2D eigenvalue weighted by atomic mass is 16.1. The lowest BCUT2D eigenvalue weighted by Gasteiger charge is -2.09. The number of anilines is 1. The molecule has 2 aromatic rings. The van der Waals surface area contributed by atoms with Gasteiger partial charge in [-0.25, -0.2) is 0 Å². The maximum Gasteiger partial charge on any atom is 0.224 e. The van der Waals surface area contributed by atoms with Gasteiger partial charge in [0.25, 0.3) is 0 Å². The van der Waals surface area contributed by atoms with Crippen LogP contribution in [-0.2, 0) is 11.2 Å². The fourth-order valence-corrected chi connectivity index (χ4v) is 2.81. The Labute approximate surface area is 119 Å². The standard InChI is InChI=1S/C18H19NO/c1-12(2)9-18(20)19-15-7-8-17-14(11-15)10-13-5-3-4-6-16(13)17/h3-8,11-12H,9-10H2,1-2H3,(H,19,20). The van der Waals surface area contributed by atoms with E-state index < -0.39 is 0 Å². The van der Waals surface area contributed by atoms with E-state index >= 15 is 0 Å². The maximum atomic E-state index is 11.8. The summed E-state index contributed by atoms with van der Waals surface area (Å²) in [5.74, 6) is 0.476. The van der Waals surface area contributed by atoms with Crippen molar-refractivity contribution in [2.45, 2.75) is 26.7 Å². The van der Waals surface area contributed by atoms with Crippen LogP contribution in [0.15, 0.2) is 42.5 Å². The van der Waals surface area contributed by atoms with Crippen LogP contribution >= 0.6 is 0 Å². The van der Waals surface area contributed by atoms with E-state index in [2.05, 4.69) is 55.6 Å². The number of fused-ring (bicyclic) bond motifs is 3. The molecule has 0 fully saturated rings. The van der Waals surface area contributed by atoms with E-state index in [1.807, 2.05) is 6.07 Å². The van der Waals surface area contributed by atoms with E-state index in [0.717, 1.165) is 12.1 Å². The van der Waals surface area contributed by atoms with E-state index in [1.54, 1.807) is 0 Å². The smallest absolute Gasteiger partial charge is 0.224 e. The van der Waals surface area contributed by atoms with Gasteiger partial charge in [-0.1, -0.05) is 44.2 Å². The lowest BCUT2D eigenvalue weighted by Crippen LogP contribution is -2.13. The van der Waals surface area contributed by atoms with Crippen LogP contribution in [0.25, 0.3) is 11.1 Å². The molecule has 0 saturated heterocycles. The summed E-state index contributed by atoms with van der Waals surface area (Å²) in [6.45, 7) is 4.11. The summed E-state index contributed by atoms with van der Waals surface area (Å²) in [5.41, 5.74) is 6.19. The zero-order valence-corrected chi connectivity index (χ0v) is 11.9. The molecule has 0 spiro atoms. The minimum absolute atomic E-state index is 0.0930. The predicted octanol–water partition coefficient (Wildman–Crippen LogP) is 4.24. The Bertz CT molecular complexity index is 658. The topological polar surface area (TPSA) is 29.1 Å². The summed E-state index contributed by atoms with van der Waals surface area (Å²) < 4.78 is 0. The summed E-state index contributed by atoms with van der Waals surface area (Å²) in [4.78, 5) is 11.8. The van der Waals surface area contributed by atoms with Gasteiger partial charge in [0, 0.05) is 12.1 Å². The number of carbonyl (C=O) groups is 1. The highest BCUT2D eigenvalue weighted by Crippen LogP contribution is 2.37. The normalized spacial score (nSPS) is 12.2. The van der Waals surface area contributed by atoms with Crippen LogP contribution in [0, 0.1) is 5.92 Å². The summed E-state index contributed by atoms with van der Waals surface area (Å²) in [5, 5.41) is 2.99. The van der Waals surface area contributed by atoms with Crippen LogP contribution in [0.4, 0.5) is 5.69 Å². The first-order valence-electron chi connectivity index (χ1n) is 7.14. The van der Waals surface area contributed by atoms with Gasteiger partial charge in [-0.2, -0.15) is 0 Å². The lowest BCUT2D eigenvalue weighted by atomic mass is 10.1. The van der Waals surface area contributed by atoms with Crippen LogP contribution in [0.3, 0.4) is 0 Å². The highest BCUT2D eigenvalue weighted by molar-refractivity contribution is 5.91. The molecular formula is C18H19NO. The predicted molar refractivity (Wildman–Crippen MR) is 82.8 cm³/mol. The van der Waals surface area contributed by atoms with Gasteiger partial charge >= 0.3 is 0 Å². The third kappa shape index (κ3) is 2.46. The summed E-state index contributed by atoms with van der Waals surface area (Å²) >= 11 is 0. The van der Waals surface area contributed by atoms with Crippen LogP contribution in [0.5, 0.6) is 0 Å². The van der Waals surface area contributed by atoms with Gasteiger partial charge < -0.3 is 5.32 Å². The van der Waals surface area contributed by atoms with E-state index in [9.17, 15) is 4.79 Å². The van der Waals surface area contributed by atoms with Gasteiger partial charge in [-0.05, 0) is 46.7 Å². The number of hydrogen-bond donors (Lipinski definition) is 1. The summed E-state index contributed by atoms with van der Waals surface area (Å²) in [7, 11) is 0. The van der Waals surface area contributed by atoms with Gasteiger partial charge in [0.2, 0.25) is 5.91 Å². The Hall–Kier alpha value is -2.09. The molecule has 0 unspecified atom stereocenters. The number of carbonyl (C=O) groups excluding carboxylic acids is 1. The minimum Gasteiger partial charge on any atom is -0.326 e. The van der Waals surface area contributed by atoms with Crippen LogP contribution < -0.4 is 5.32 Å². The molecule has 102 valence electrons. The summed E-state index contributed by atoms with van der Waals surface area (Å²) in [6.07, 6.45) is 1.52. The monoisotopic (exact) mass is 265 g/mol. The third-order valence-electron chi connectivity index (χ3n) is 3.67. The fraction of sp³-hybridized carbons (Fsp3) is 0.278. The second-order valence-corrected chi connectivity index (χ2v) is 5.85. The van der Waals surface area contributed by atoms with Crippen molar-refractivity contribution in [2.24, 2.45) is 5.92 Å². The second kappa shape index (κ2) is 5.12. The van der Waals surface area contributed by atoms with Crippen molar-refractivity contribution in [3.63, 3.8) is 0 Å². The van der Waals surface area contributed by atoms with Crippen molar-refractivity contribution < 1.29 is 4.79 Å². The van der Waals surface area contributed by atoms with E-state index in [0.29, 0.717) is 12.3 Å². The highest BCUT2D eigenvalue weighted by Gasteiger charge is 2.18. The molecule has 0 bridgehead atoms. The lowest BCUT2D eigenvalue weighted by molar-refractivity contribution is -0.116. The SMILES string of the molecule is CC(C)CC(=O)Nc1ccc2c(c1)Cc1ccccc1-2. The zero-order valence-electron chi connectivity index (χ0n) is 11.9. The van der Waals surface area contributed by atoms with Crippen molar-refractivity contribution in [3.8, 4) is 11.1 Å². The summed E-state index contributed by atoms with van der Waals surface area (Å²) in [6, 6.07) is 14.7. The molecule has 0 saturated carbocycles. The molecule has 0 radical (unpaired) electrons. The van der Waals surface area contributed by atoms with Gasteiger partial charge in [-0.15, -0.1) is 0 Å². The first-order valence-corrected chi connectivity index (χ1v) is 7.14. The molecule has 0 heterocycles. The number of amides is 1. The molecule has 2 aromatic carbocycles. The van der Waals surface area contributed by atoms with Crippen molar-refractivity contribution in [3.05, 3.63) is 53.6 Å². The van der Waals surface area contributed by atoms with Crippen LogP contribution in [0.1, 0.15) is 31.4 Å². The van der Waals surface area contributed by atoms with Gasteiger partial charge in [-0.3, -0.25) is 4.79 Å². The Balaban J connectivity index is 1.82.